The average Bonchev–Trinajstić information content (AvgIpc) is 3.29. The van der Waals surface area contributed by atoms with Crippen LogP contribution in [-0.4, -0.2) is 45.8 Å². The maximum Gasteiger partial charge on any atom is 0.359 e. The third kappa shape index (κ3) is 3.48. The van der Waals surface area contributed by atoms with Crippen molar-refractivity contribution in [1.82, 2.24) is 14.7 Å². The molecule has 2 heterocycles. The van der Waals surface area contributed by atoms with Crippen LogP contribution in [0, 0.1) is 0 Å². The van der Waals surface area contributed by atoms with Crippen molar-refractivity contribution in [2.75, 3.05) is 13.2 Å². The van der Waals surface area contributed by atoms with E-state index in [1.54, 1.807) is 0 Å². The average molecular weight is 367 g/mol. The number of hydrogen-bond acceptors (Lipinski definition) is 4. The van der Waals surface area contributed by atoms with E-state index in [-0.39, 0.29) is 18.6 Å². The summed E-state index contributed by atoms with van der Waals surface area (Å²) in [7, 11) is 0. The lowest BCUT2D eigenvalue weighted by Gasteiger charge is -2.33. The third-order valence-electron chi connectivity index (χ3n) is 5.57. The van der Waals surface area contributed by atoms with Gasteiger partial charge in [0.25, 0.3) is 5.91 Å². The smallest absolute Gasteiger partial charge is 0.359 e. The molecule has 1 fully saturated rings. The predicted octanol–water partition coefficient (Wildman–Crippen LogP) is 2.92. The van der Waals surface area contributed by atoms with E-state index in [4.69, 9.17) is 4.74 Å². The van der Waals surface area contributed by atoms with Crippen LogP contribution in [-0.2, 0) is 22.4 Å². The fourth-order valence-corrected chi connectivity index (χ4v) is 4.13. The quantitative estimate of drug-likeness (QED) is 0.780. The lowest BCUT2D eigenvalue weighted by molar-refractivity contribution is -0.137. The normalized spacial score (nSPS) is 19.0. The highest BCUT2D eigenvalue weighted by Crippen LogP contribution is 2.28. The fraction of sp³-hybridized carbons (Fsp3) is 0.476. The SMILES string of the molecule is CC1CCCCN1C(=O)COC(=O)c1nn(-c2ccccc2)c2c1CCC2. The number of hydrogen-bond donors (Lipinski definition) is 0. The maximum absolute atomic E-state index is 12.6. The van der Waals surface area contributed by atoms with Gasteiger partial charge in [-0.2, -0.15) is 5.10 Å². The molecule has 2 aliphatic rings. The number of fused-ring (bicyclic) bond motifs is 1. The minimum atomic E-state index is -0.499. The van der Waals surface area contributed by atoms with Gasteiger partial charge in [0.05, 0.1) is 5.69 Å². The topological polar surface area (TPSA) is 64.4 Å². The summed E-state index contributed by atoms with van der Waals surface area (Å²) in [4.78, 5) is 26.9. The summed E-state index contributed by atoms with van der Waals surface area (Å²) in [6, 6.07) is 10.0. The van der Waals surface area contributed by atoms with Crippen molar-refractivity contribution in [3.63, 3.8) is 0 Å². The van der Waals surface area contributed by atoms with E-state index >= 15 is 0 Å². The molecule has 0 bridgehead atoms. The van der Waals surface area contributed by atoms with E-state index in [2.05, 4.69) is 5.10 Å². The molecule has 1 aliphatic carbocycles. The summed E-state index contributed by atoms with van der Waals surface area (Å²) in [5.74, 6) is -0.615. The molecular weight excluding hydrogens is 342 g/mol. The van der Waals surface area contributed by atoms with Gasteiger partial charge in [0.2, 0.25) is 0 Å². The molecule has 0 spiro atoms. The summed E-state index contributed by atoms with van der Waals surface area (Å²) < 4.78 is 7.20. The molecule has 6 nitrogen and oxygen atoms in total. The lowest BCUT2D eigenvalue weighted by Crippen LogP contribution is -2.44. The molecule has 4 rings (SSSR count). The summed E-state index contributed by atoms with van der Waals surface area (Å²) in [6.07, 6.45) is 5.89. The van der Waals surface area contributed by atoms with Crippen molar-refractivity contribution in [2.24, 2.45) is 0 Å². The predicted molar refractivity (Wildman–Crippen MR) is 101 cm³/mol. The zero-order valence-corrected chi connectivity index (χ0v) is 15.7. The Morgan fingerprint density at radius 3 is 2.74 bits per heavy atom. The van der Waals surface area contributed by atoms with Crippen molar-refractivity contribution in [3.8, 4) is 5.69 Å². The highest BCUT2D eigenvalue weighted by Gasteiger charge is 2.29. The van der Waals surface area contributed by atoms with Gasteiger partial charge in [-0.1, -0.05) is 18.2 Å². The minimum Gasteiger partial charge on any atom is -0.451 e. The van der Waals surface area contributed by atoms with Gasteiger partial charge in [0, 0.05) is 23.8 Å². The van der Waals surface area contributed by atoms with Crippen LogP contribution in [0.1, 0.15) is 54.4 Å². The second kappa shape index (κ2) is 7.55. The molecule has 142 valence electrons. The number of benzene rings is 1. The molecule has 0 radical (unpaired) electrons. The van der Waals surface area contributed by atoms with Gasteiger partial charge in [0.1, 0.15) is 0 Å². The van der Waals surface area contributed by atoms with Gasteiger partial charge in [-0.15, -0.1) is 0 Å². The molecule has 0 N–H and O–H groups in total. The van der Waals surface area contributed by atoms with Gasteiger partial charge < -0.3 is 9.64 Å². The van der Waals surface area contributed by atoms with E-state index in [1.165, 1.54) is 0 Å². The molecule has 1 saturated heterocycles. The van der Waals surface area contributed by atoms with Crippen LogP contribution in [0.3, 0.4) is 0 Å². The van der Waals surface area contributed by atoms with E-state index < -0.39 is 5.97 Å². The zero-order chi connectivity index (χ0) is 18.8. The number of esters is 1. The Bertz CT molecular complexity index is 844. The van der Waals surface area contributed by atoms with Gasteiger partial charge in [-0.3, -0.25) is 4.79 Å². The first-order valence-electron chi connectivity index (χ1n) is 9.78. The van der Waals surface area contributed by atoms with E-state index in [9.17, 15) is 9.59 Å². The second-order valence-electron chi connectivity index (χ2n) is 7.38. The number of nitrogens with zero attached hydrogens (tertiary/aromatic N) is 3. The molecule has 1 atom stereocenters. The number of carbonyl (C=O) groups is 2. The van der Waals surface area contributed by atoms with E-state index in [0.29, 0.717) is 5.69 Å². The molecule has 6 heteroatoms. The zero-order valence-electron chi connectivity index (χ0n) is 15.7. The van der Waals surface area contributed by atoms with Crippen LogP contribution in [0.2, 0.25) is 0 Å². The molecule has 1 aromatic carbocycles. The van der Waals surface area contributed by atoms with Crippen molar-refractivity contribution in [3.05, 3.63) is 47.3 Å². The Labute approximate surface area is 159 Å². The number of para-hydroxylation sites is 1. The van der Waals surface area contributed by atoms with Crippen LogP contribution in [0.5, 0.6) is 0 Å². The Balaban J connectivity index is 1.49. The number of aromatic nitrogens is 2. The van der Waals surface area contributed by atoms with Crippen molar-refractivity contribution >= 4 is 11.9 Å². The Kier molecular flexibility index (Phi) is 4.97. The molecule has 1 aromatic heterocycles. The van der Waals surface area contributed by atoms with Crippen LogP contribution in [0.25, 0.3) is 5.69 Å². The minimum absolute atomic E-state index is 0.116. The van der Waals surface area contributed by atoms with E-state index in [0.717, 1.165) is 62.0 Å². The van der Waals surface area contributed by atoms with Crippen LogP contribution < -0.4 is 0 Å². The summed E-state index contributed by atoms with van der Waals surface area (Å²) in [5.41, 5.74) is 3.32. The standard InChI is InChI=1S/C21H25N3O3/c1-15-8-5-6-13-23(15)19(25)14-27-21(26)20-17-11-7-12-18(17)24(22-20)16-9-3-2-4-10-16/h2-4,9-10,15H,5-8,11-14H2,1H3. The molecular formula is C21H25N3O3. The van der Waals surface area contributed by atoms with Crippen LogP contribution in [0.15, 0.2) is 30.3 Å². The number of carbonyl (C=O) groups excluding carboxylic acids is 2. The Morgan fingerprint density at radius 1 is 1.15 bits per heavy atom. The molecule has 1 aliphatic heterocycles. The Hall–Kier alpha value is -2.63. The van der Waals surface area contributed by atoms with Crippen LogP contribution in [0.4, 0.5) is 0 Å². The number of ether oxygens (including phenoxy) is 1. The number of piperidine rings is 1. The van der Waals surface area contributed by atoms with Gasteiger partial charge >= 0.3 is 5.97 Å². The molecule has 1 unspecified atom stereocenters. The van der Waals surface area contributed by atoms with E-state index in [1.807, 2.05) is 46.8 Å². The molecule has 27 heavy (non-hydrogen) atoms. The summed E-state index contributed by atoms with van der Waals surface area (Å²) in [6.45, 7) is 2.58. The lowest BCUT2D eigenvalue weighted by atomic mass is 10.0. The van der Waals surface area contributed by atoms with Gasteiger partial charge in [-0.25, -0.2) is 9.48 Å². The molecule has 1 amide bonds. The van der Waals surface area contributed by atoms with Gasteiger partial charge in [0.15, 0.2) is 12.3 Å². The fourth-order valence-electron chi connectivity index (χ4n) is 4.13. The van der Waals surface area contributed by atoms with Crippen molar-refractivity contribution < 1.29 is 14.3 Å². The maximum atomic E-state index is 12.6. The van der Waals surface area contributed by atoms with Crippen molar-refractivity contribution in [1.29, 1.82) is 0 Å². The number of rotatable bonds is 4. The molecule has 0 saturated carbocycles. The number of likely N-dealkylation sites (tertiary alicyclic amines) is 1. The number of amides is 1. The first-order chi connectivity index (χ1) is 13.1. The second-order valence-corrected chi connectivity index (χ2v) is 7.38. The first-order valence-corrected chi connectivity index (χ1v) is 9.78. The Morgan fingerprint density at radius 2 is 1.96 bits per heavy atom. The highest BCUT2D eigenvalue weighted by atomic mass is 16.5. The first kappa shape index (κ1) is 17.8. The molecule has 2 aromatic rings. The van der Waals surface area contributed by atoms with Gasteiger partial charge in [-0.05, 0) is 57.6 Å². The van der Waals surface area contributed by atoms with Crippen molar-refractivity contribution in [2.45, 2.75) is 51.5 Å². The van der Waals surface area contributed by atoms with Crippen LogP contribution >= 0.6 is 0 Å². The highest BCUT2D eigenvalue weighted by molar-refractivity contribution is 5.91. The summed E-state index contributed by atoms with van der Waals surface area (Å²) in [5, 5.41) is 4.52. The third-order valence-corrected chi connectivity index (χ3v) is 5.57. The monoisotopic (exact) mass is 367 g/mol. The summed E-state index contributed by atoms with van der Waals surface area (Å²) >= 11 is 0. The largest absolute Gasteiger partial charge is 0.451 e.